The number of alkyl halides is 3. The molecular formula is C18H15F3N6O4. The molecule has 3 aromatic rings. The summed E-state index contributed by atoms with van der Waals surface area (Å²) in [6, 6.07) is 2.76. The van der Waals surface area contributed by atoms with Gasteiger partial charge in [0.25, 0.3) is 0 Å². The highest BCUT2D eigenvalue weighted by Crippen LogP contribution is 2.38. The third-order valence-electron chi connectivity index (χ3n) is 4.87. The Hall–Kier alpha value is -3.90. The molecule has 1 aliphatic heterocycles. The number of fused-ring (bicyclic) bond motifs is 1. The van der Waals surface area contributed by atoms with E-state index in [1.165, 1.54) is 41.0 Å². The summed E-state index contributed by atoms with van der Waals surface area (Å²) in [5.74, 6) is -1.93. The van der Waals surface area contributed by atoms with Crippen molar-refractivity contribution in [1.82, 2.24) is 24.5 Å². The molecule has 1 aliphatic rings. The van der Waals surface area contributed by atoms with Crippen LogP contribution in [0.5, 0.6) is 5.75 Å². The number of amides is 1. The van der Waals surface area contributed by atoms with Crippen LogP contribution >= 0.6 is 0 Å². The first kappa shape index (κ1) is 20.4. The van der Waals surface area contributed by atoms with E-state index in [0.29, 0.717) is 33.0 Å². The second kappa shape index (κ2) is 7.11. The Bertz CT molecular complexity index is 1180. The van der Waals surface area contributed by atoms with Gasteiger partial charge >= 0.3 is 17.8 Å². The number of ether oxygens (including phenoxy) is 1. The van der Waals surface area contributed by atoms with Crippen LogP contribution in [0.4, 0.5) is 18.9 Å². The Morgan fingerprint density at radius 3 is 2.55 bits per heavy atom. The van der Waals surface area contributed by atoms with Crippen LogP contribution in [0, 0.1) is 10.1 Å². The molecule has 2 aromatic heterocycles. The minimum Gasteiger partial charge on any atom is -0.490 e. The molecule has 0 saturated heterocycles. The molecule has 1 amide bonds. The number of halogens is 3. The first-order valence-electron chi connectivity index (χ1n) is 8.88. The van der Waals surface area contributed by atoms with E-state index in [-0.39, 0.29) is 24.5 Å². The number of nitro groups is 1. The minimum atomic E-state index is -4.96. The number of nitro benzene ring substituents is 1. The maximum absolute atomic E-state index is 12.7. The van der Waals surface area contributed by atoms with Crippen LogP contribution in [-0.2, 0) is 24.9 Å². The van der Waals surface area contributed by atoms with Crippen LogP contribution in [0.1, 0.15) is 11.3 Å². The molecule has 1 aromatic carbocycles. The van der Waals surface area contributed by atoms with Crippen molar-refractivity contribution in [3.63, 3.8) is 0 Å². The molecule has 0 N–H and O–H groups in total. The molecule has 0 atom stereocenters. The molecule has 0 aliphatic carbocycles. The molecule has 13 heteroatoms. The summed E-state index contributed by atoms with van der Waals surface area (Å²) in [7, 11) is 2.98. The zero-order chi connectivity index (χ0) is 22.5. The Labute approximate surface area is 172 Å². The number of benzene rings is 1. The number of carbonyl (C=O) groups excluding carboxylic acids is 1. The average molecular weight is 436 g/mol. The first-order chi connectivity index (χ1) is 14.6. The van der Waals surface area contributed by atoms with Crippen molar-refractivity contribution >= 4 is 11.6 Å². The van der Waals surface area contributed by atoms with E-state index in [0.717, 1.165) is 0 Å². The van der Waals surface area contributed by atoms with Crippen molar-refractivity contribution < 1.29 is 27.6 Å². The second-order valence-corrected chi connectivity index (χ2v) is 6.91. The van der Waals surface area contributed by atoms with E-state index in [9.17, 15) is 28.1 Å². The van der Waals surface area contributed by atoms with Crippen LogP contribution in [-0.4, -0.2) is 48.6 Å². The zero-order valence-corrected chi connectivity index (χ0v) is 16.3. The lowest BCUT2D eigenvalue weighted by Gasteiger charge is -2.17. The van der Waals surface area contributed by atoms with Gasteiger partial charge in [0, 0.05) is 54.8 Å². The third kappa shape index (κ3) is 3.58. The molecule has 0 bridgehead atoms. The summed E-state index contributed by atoms with van der Waals surface area (Å²) >= 11 is 0. The number of methoxy groups -OCH3 is 1. The molecule has 0 saturated carbocycles. The third-order valence-corrected chi connectivity index (χ3v) is 4.87. The number of aromatic nitrogens is 4. The highest BCUT2D eigenvalue weighted by atomic mass is 19.4. The van der Waals surface area contributed by atoms with E-state index in [2.05, 4.69) is 10.2 Å². The van der Waals surface area contributed by atoms with Gasteiger partial charge in [0.15, 0.2) is 5.75 Å². The van der Waals surface area contributed by atoms with Crippen LogP contribution in [0.15, 0.2) is 30.7 Å². The molecule has 4 rings (SSSR count). The number of hydrogen-bond donors (Lipinski definition) is 0. The fourth-order valence-electron chi connectivity index (χ4n) is 3.44. The number of aryl methyl sites for hydroxylation is 1. The highest BCUT2D eigenvalue weighted by Gasteiger charge is 2.44. The van der Waals surface area contributed by atoms with Crippen molar-refractivity contribution in [2.75, 3.05) is 7.11 Å². The lowest BCUT2D eigenvalue weighted by Crippen LogP contribution is -2.37. The minimum absolute atomic E-state index is 0.00262. The standard InChI is InChI=1S/C18H15F3N6O4/c1-24-6-10(5-22-24)12-3-15(27(29)30)16(31-2)4-14(12)26-8-11-7-25(9-13(11)23-26)17(28)18(19,20)21/h3-6,8H,7,9H2,1-2H3. The van der Waals surface area contributed by atoms with Gasteiger partial charge in [-0.25, -0.2) is 4.68 Å². The summed E-state index contributed by atoms with van der Waals surface area (Å²) in [4.78, 5) is 23.0. The summed E-state index contributed by atoms with van der Waals surface area (Å²) in [6.45, 7) is -0.521. The van der Waals surface area contributed by atoms with Crippen molar-refractivity contribution in [2.45, 2.75) is 19.3 Å². The van der Waals surface area contributed by atoms with Gasteiger partial charge in [0.05, 0.1) is 36.2 Å². The van der Waals surface area contributed by atoms with E-state index < -0.39 is 17.0 Å². The zero-order valence-electron chi connectivity index (χ0n) is 16.3. The average Bonchev–Trinajstić information content (AvgIpc) is 3.39. The fourth-order valence-corrected chi connectivity index (χ4v) is 3.44. The first-order valence-corrected chi connectivity index (χ1v) is 8.88. The number of hydrogen-bond acceptors (Lipinski definition) is 6. The number of rotatable bonds is 4. The largest absolute Gasteiger partial charge is 0.490 e. The SMILES string of the molecule is COc1cc(-n2cc3c(n2)CN(C(=O)C(F)(F)F)C3)c(-c2cnn(C)c2)cc1[N+](=O)[O-]. The van der Waals surface area contributed by atoms with Gasteiger partial charge in [-0.05, 0) is 0 Å². The number of nitrogens with zero attached hydrogens (tertiary/aromatic N) is 6. The Balaban J connectivity index is 1.78. The highest BCUT2D eigenvalue weighted by molar-refractivity contribution is 5.82. The Morgan fingerprint density at radius 2 is 2.00 bits per heavy atom. The van der Waals surface area contributed by atoms with E-state index in [1.807, 2.05) is 0 Å². The molecule has 0 unspecified atom stereocenters. The second-order valence-electron chi connectivity index (χ2n) is 6.91. The summed E-state index contributed by atoms with van der Waals surface area (Å²) < 4.78 is 46.2. The van der Waals surface area contributed by atoms with Crippen LogP contribution in [0.2, 0.25) is 0 Å². The predicted octanol–water partition coefficient (Wildman–Crippen LogP) is 2.59. The van der Waals surface area contributed by atoms with Crippen molar-refractivity contribution in [2.24, 2.45) is 7.05 Å². The Morgan fingerprint density at radius 1 is 1.26 bits per heavy atom. The summed E-state index contributed by atoms with van der Waals surface area (Å²) in [5, 5.41) is 19.9. The van der Waals surface area contributed by atoms with Gasteiger partial charge in [-0.15, -0.1) is 0 Å². The molecule has 31 heavy (non-hydrogen) atoms. The van der Waals surface area contributed by atoms with Crippen molar-refractivity contribution in [1.29, 1.82) is 0 Å². The molecular weight excluding hydrogens is 421 g/mol. The fraction of sp³-hybridized carbons (Fsp3) is 0.278. The molecule has 162 valence electrons. The van der Waals surface area contributed by atoms with Crippen LogP contribution < -0.4 is 4.74 Å². The molecule has 0 fully saturated rings. The van der Waals surface area contributed by atoms with Crippen LogP contribution in [0.25, 0.3) is 16.8 Å². The summed E-state index contributed by atoms with van der Waals surface area (Å²) in [5.41, 5.74) is 1.93. The molecule has 0 radical (unpaired) electrons. The Kier molecular flexibility index (Phi) is 4.67. The molecule has 0 spiro atoms. The maximum atomic E-state index is 12.7. The number of carbonyl (C=O) groups is 1. The van der Waals surface area contributed by atoms with Gasteiger partial charge in [-0.1, -0.05) is 0 Å². The van der Waals surface area contributed by atoms with Crippen LogP contribution in [0.3, 0.4) is 0 Å². The van der Waals surface area contributed by atoms with Gasteiger partial charge in [0.1, 0.15) is 0 Å². The topological polar surface area (TPSA) is 108 Å². The summed E-state index contributed by atoms with van der Waals surface area (Å²) in [6.07, 6.45) is -0.274. The lowest BCUT2D eigenvalue weighted by atomic mass is 10.1. The van der Waals surface area contributed by atoms with Crippen molar-refractivity contribution in [3.05, 3.63) is 52.1 Å². The maximum Gasteiger partial charge on any atom is 0.471 e. The quantitative estimate of drug-likeness (QED) is 0.460. The van der Waals surface area contributed by atoms with Gasteiger partial charge in [-0.2, -0.15) is 23.4 Å². The normalized spacial score (nSPS) is 13.4. The van der Waals surface area contributed by atoms with Gasteiger partial charge in [-0.3, -0.25) is 19.6 Å². The van der Waals surface area contributed by atoms with Crippen molar-refractivity contribution in [3.8, 4) is 22.6 Å². The monoisotopic (exact) mass is 436 g/mol. The van der Waals surface area contributed by atoms with E-state index in [1.54, 1.807) is 13.2 Å². The predicted molar refractivity (Wildman–Crippen MR) is 99.3 cm³/mol. The molecule has 10 nitrogen and oxygen atoms in total. The van der Waals surface area contributed by atoms with Gasteiger partial charge in [0.2, 0.25) is 0 Å². The lowest BCUT2D eigenvalue weighted by molar-refractivity contribution is -0.385. The van der Waals surface area contributed by atoms with Gasteiger partial charge < -0.3 is 9.64 Å². The molecule has 3 heterocycles. The van der Waals surface area contributed by atoms with E-state index in [4.69, 9.17) is 4.74 Å². The smallest absolute Gasteiger partial charge is 0.471 e. The van der Waals surface area contributed by atoms with E-state index >= 15 is 0 Å².